The molecule has 2 nitrogen and oxygen atoms in total. The maximum Gasteiger partial charge on any atom is 0.120 e. The smallest absolute Gasteiger partial charge is 0.120 e. The van der Waals surface area contributed by atoms with Gasteiger partial charge in [0.05, 0.1) is 7.11 Å². The predicted molar refractivity (Wildman–Crippen MR) is 87.8 cm³/mol. The molecule has 0 amide bonds. The second kappa shape index (κ2) is 7.23. The molecule has 4 heteroatoms. The number of rotatable bonds is 3. The van der Waals surface area contributed by atoms with Gasteiger partial charge < -0.3 is 9.82 Å². The second-order valence-electron chi connectivity index (χ2n) is 4.85. The first-order valence-electron chi connectivity index (χ1n) is 6.66. The topological polar surface area (TPSA) is 21.3 Å². The van der Waals surface area contributed by atoms with Crippen LogP contribution in [0.2, 0.25) is 0 Å². The molecule has 21 heavy (non-hydrogen) atoms. The Morgan fingerprint density at radius 2 is 2.10 bits per heavy atom. The molecule has 0 spiro atoms. The molecular formula is C17H17NOPPd-. The van der Waals surface area contributed by atoms with E-state index in [2.05, 4.69) is 44.8 Å². The van der Waals surface area contributed by atoms with E-state index < -0.39 is 0 Å². The quantitative estimate of drug-likeness (QED) is 0.484. The molecule has 0 aromatic heterocycles. The molecule has 2 aromatic carbocycles. The Bertz CT molecular complexity index is 670. The van der Waals surface area contributed by atoms with Crippen LogP contribution in [0, 0.1) is 6.07 Å². The molecule has 0 heterocycles. The molecule has 0 fully saturated rings. The van der Waals surface area contributed by atoms with E-state index in [9.17, 15) is 0 Å². The van der Waals surface area contributed by atoms with Crippen molar-refractivity contribution in [1.82, 2.24) is 0 Å². The first kappa shape index (κ1) is 16.2. The standard InChI is InChI=1S/C17H17NOP.Pd/c1-19-15-8-9-16(17(11-15)18-20)14-7-6-12-4-2-3-5-13(12)10-14;/h3-5,8-11,18H,6-7,20H2,1H3;/q-1;. The summed E-state index contributed by atoms with van der Waals surface area (Å²) < 4.78 is 5.28. The number of fused-ring (bicyclic) bond motifs is 1. The summed E-state index contributed by atoms with van der Waals surface area (Å²) in [6, 6.07) is 15.5. The van der Waals surface area contributed by atoms with Crippen LogP contribution in [0.25, 0.3) is 11.6 Å². The molecular weight excluding hydrogens is 372 g/mol. The normalized spacial score (nSPS) is 12.8. The third kappa shape index (κ3) is 3.38. The largest absolute Gasteiger partial charge is 0.497 e. The van der Waals surface area contributed by atoms with Gasteiger partial charge in [-0.3, -0.25) is 0 Å². The number of hydrogen-bond acceptors (Lipinski definition) is 2. The van der Waals surface area contributed by atoms with Crippen LogP contribution in [-0.2, 0) is 26.8 Å². The van der Waals surface area contributed by atoms with Crippen molar-refractivity contribution in [2.24, 2.45) is 0 Å². The first-order chi connectivity index (χ1) is 9.81. The van der Waals surface area contributed by atoms with Gasteiger partial charge in [0.15, 0.2) is 0 Å². The Kier molecular flexibility index (Phi) is 5.59. The molecule has 0 saturated heterocycles. The van der Waals surface area contributed by atoms with Crippen LogP contribution in [0.3, 0.4) is 0 Å². The zero-order valence-electron chi connectivity index (χ0n) is 11.8. The van der Waals surface area contributed by atoms with Crippen LogP contribution < -0.4 is 9.82 Å². The minimum atomic E-state index is 0. The Morgan fingerprint density at radius 3 is 2.86 bits per heavy atom. The van der Waals surface area contributed by atoms with Gasteiger partial charge in [-0.05, 0) is 33.5 Å². The van der Waals surface area contributed by atoms with E-state index in [1.807, 2.05) is 18.2 Å². The van der Waals surface area contributed by atoms with Gasteiger partial charge in [-0.1, -0.05) is 12.5 Å². The SMILES string of the molecule is COc1ccc(C2=Cc3cc[c-]cc3CC2)c(NP)c1.[Pd]. The van der Waals surface area contributed by atoms with Crippen LogP contribution in [0.15, 0.2) is 36.4 Å². The molecule has 0 saturated carbocycles. The van der Waals surface area contributed by atoms with E-state index in [0.29, 0.717) is 0 Å². The number of allylic oxidation sites excluding steroid dienone is 1. The number of hydrogen-bond donors (Lipinski definition) is 1. The Morgan fingerprint density at radius 1 is 1.24 bits per heavy atom. The van der Waals surface area contributed by atoms with Crippen LogP contribution in [-0.4, -0.2) is 7.11 Å². The number of anilines is 1. The van der Waals surface area contributed by atoms with E-state index in [4.69, 9.17) is 4.74 Å². The van der Waals surface area contributed by atoms with Gasteiger partial charge >= 0.3 is 0 Å². The Balaban J connectivity index is 0.00000161. The van der Waals surface area contributed by atoms with E-state index in [-0.39, 0.29) is 20.4 Å². The van der Waals surface area contributed by atoms with E-state index >= 15 is 0 Å². The van der Waals surface area contributed by atoms with E-state index in [1.54, 1.807) is 7.11 Å². The zero-order valence-corrected chi connectivity index (χ0v) is 14.5. The van der Waals surface area contributed by atoms with Crippen molar-refractivity contribution in [1.29, 1.82) is 0 Å². The third-order valence-electron chi connectivity index (χ3n) is 3.71. The van der Waals surface area contributed by atoms with Crippen molar-refractivity contribution < 1.29 is 25.2 Å². The predicted octanol–water partition coefficient (Wildman–Crippen LogP) is 4.18. The maximum absolute atomic E-state index is 5.28. The molecule has 0 radical (unpaired) electrons. The molecule has 1 aliphatic carbocycles. The summed E-state index contributed by atoms with van der Waals surface area (Å²) in [5.74, 6) is 0.866. The Labute approximate surface area is 141 Å². The van der Waals surface area contributed by atoms with Crippen molar-refractivity contribution in [2.45, 2.75) is 12.8 Å². The van der Waals surface area contributed by atoms with Crippen molar-refractivity contribution >= 4 is 26.7 Å². The second-order valence-corrected chi connectivity index (χ2v) is 5.14. The molecule has 1 aliphatic rings. The fraction of sp³-hybridized carbons (Fsp3) is 0.176. The van der Waals surface area contributed by atoms with Crippen LogP contribution in [0.5, 0.6) is 5.75 Å². The first-order valence-corrected chi connectivity index (χ1v) is 7.24. The summed E-state index contributed by atoms with van der Waals surface area (Å²) in [7, 11) is 4.25. The number of methoxy groups -OCH3 is 1. The van der Waals surface area contributed by atoms with Gasteiger partial charge in [-0.15, -0.1) is 11.1 Å². The number of ether oxygens (including phenoxy) is 1. The fourth-order valence-electron chi connectivity index (χ4n) is 2.63. The van der Waals surface area contributed by atoms with Gasteiger partial charge in [0.25, 0.3) is 0 Å². The van der Waals surface area contributed by atoms with Crippen LogP contribution in [0.4, 0.5) is 5.69 Å². The van der Waals surface area contributed by atoms with Crippen molar-refractivity contribution in [3.05, 3.63) is 59.2 Å². The van der Waals surface area contributed by atoms with E-state index in [0.717, 1.165) is 24.3 Å². The van der Waals surface area contributed by atoms with Gasteiger partial charge in [-0.25, -0.2) is 0 Å². The maximum atomic E-state index is 5.28. The van der Waals surface area contributed by atoms with Gasteiger partial charge in [0, 0.05) is 37.7 Å². The van der Waals surface area contributed by atoms with Crippen molar-refractivity contribution in [3.63, 3.8) is 0 Å². The summed E-state index contributed by atoms with van der Waals surface area (Å²) in [6.07, 6.45) is 4.40. The number of nitrogens with one attached hydrogen (secondary N) is 1. The molecule has 2 aromatic rings. The summed E-state index contributed by atoms with van der Waals surface area (Å²) in [5.41, 5.74) is 6.35. The number of aryl methyl sites for hydroxylation is 1. The number of benzene rings is 2. The molecule has 112 valence electrons. The van der Waals surface area contributed by atoms with Crippen LogP contribution >= 0.6 is 9.39 Å². The van der Waals surface area contributed by atoms with Gasteiger partial charge in [-0.2, -0.15) is 24.3 Å². The molecule has 0 aliphatic heterocycles. The minimum Gasteiger partial charge on any atom is -0.497 e. The summed E-state index contributed by atoms with van der Waals surface area (Å²) in [5, 5.41) is 3.18. The van der Waals surface area contributed by atoms with Crippen LogP contribution in [0.1, 0.15) is 23.1 Å². The van der Waals surface area contributed by atoms with Crippen molar-refractivity contribution in [2.75, 3.05) is 12.2 Å². The van der Waals surface area contributed by atoms with Crippen molar-refractivity contribution in [3.8, 4) is 5.75 Å². The minimum absolute atomic E-state index is 0. The summed E-state index contributed by atoms with van der Waals surface area (Å²) in [4.78, 5) is 0. The van der Waals surface area contributed by atoms with Gasteiger partial charge in [0.1, 0.15) is 5.75 Å². The average Bonchev–Trinajstić information content (AvgIpc) is 2.53. The zero-order chi connectivity index (χ0) is 13.9. The fourth-order valence-corrected chi connectivity index (χ4v) is 2.86. The monoisotopic (exact) mass is 388 g/mol. The van der Waals surface area contributed by atoms with Gasteiger partial charge in [0.2, 0.25) is 0 Å². The Hall–Kier alpha value is -1.13. The molecule has 1 unspecified atom stereocenters. The molecule has 3 rings (SSSR count). The third-order valence-corrected chi connectivity index (χ3v) is 4.02. The molecule has 0 bridgehead atoms. The molecule has 1 atom stereocenters. The summed E-state index contributed by atoms with van der Waals surface area (Å²) >= 11 is 0. The average molecular weight is 389 g/mol. The van der Waals surface area contributed by atoms with E-state index in [1.165, 1.54) is 22.3 Å². The molecule has 1 N–H and O–H groups in total. The summed E-state index contributed by atoms with van der Waals surface area (Å²) in [6.45, 7) is 0.